The van der Waals surface area contributed by atoms with Crippen molar-refractivity contribution in [2.45, 2.75) is 65.2 Å². The molecule has 3 nitrogen and oxygen atoms in total. The number of hydrogen-bond acceptors (Lipinski definition) is 3. The van der Waals surface area contributed by atoms with Crippen LogP contribution in [0.3, 0.4) is 0 Å². The van der Waals surface area contributed by atoms with Gasteiger partial charge >= 0.3 is 0 Å². The standard InChI is InChI=1S/C15H30N2O/c1-14(2,3)16-10-15(4,5)11-17-8-12-6-7-13(9-17)18-12/h12-13,16H,6-11H2,1-5H3. The van der Waals surface area contributed by atoms with Gasteiger partial charge in [-0.15, -0.1) is 0 Å². The van der Waals surface area contributed by atoms with Crippen LogP contribution >= 0.6 is 0 Å². The second-order valence-electron chi connectivity index (χ2n) is 7.92. The van der Waals surface area contributed by atoms with E-state index in [1.807, 2.05) is 0 Å². The largest absolute Gasteiger partial charge is 0.372 e. The zero-order valence-electron chi connectivity index (χ0n) is 12.8. The Labute approximate surface area is 112 Å². The Kier molecular flexibility index (Phi) is 4.05. The molecule has 0 amide bonds. The third-order valence-electron chi connectivity index (χ3n) is 3.87. The Morgan fingerprint density at radius 1 is 1.06 bits per heavy atom. The number of nitrogens with one attached hydrogen (secondary N) is 1. The van der Waals surface area contributed by atoms with Crippen LogP contribution in [0.1, 0.15) is 47.5 Å². The fourth-order valence-electron chi connectivity index (χ4n) is 2.99. The molecule has 1 N–H and O–H groups in total. The average Bonchev–Trinajstić information content (AvgIpc) is 2.54. The molecular weight excluding hydrogens is 224 g/mol. The van der Waals surface area contributed by atoms with Crippen molar-refractivity contribution in [2.75, 3.05) is 26.2 Å². The van der Waals surface area contributed by atoms with Crippen molar-refractivity contribution < 1.29 is 4.74 Å². The molecule has 2 aliphatic rings. The summed E-state index contributed by atoms with van der Waals surface area (Å²) in [7, 11) is 0. The predicted molar refractivity (Wildman–Crippen MR) is 75.9 cm³/mol. The lowest BCUT2D eigenvalue weighted by atomic mass is 9.91. The molecule has 2 aliphatic heterocycles. The minimum absolute atomic E-state index is 0.210. The molecule has 3 heteroatoms. The van der Waals surface area contributed by atoms with Crippen molar-refractivity contribution in [3.8, 4) is 0 Å². The molecule has 0 aliphatic carbocycles. The highest BCUT2D eigenvalue weighted by molar-refractivity contribution is 4.88. The van der Waals surface area contributed by atoms with Gasteiger partial charge in [0.15, 0.2) is 0 Å². The first-order valence-corrected chi connectivity index (χ1v) is 7.36. The zero-order chi connectivity index (χ0) is 13.4. The Hall–Kier alpha value is -0.120. The number of likely N-dealkylation sites (tertiary alicyclic amines) is 1. The molecule has 2 heterocycles. The highest BCUT2D eigenvalue weighted by atomic mass is 16.5. The molecule has 0 saturated carbocycles. The highest BCUT2D eigenvalue weighted by Crippen LogP contribution is 2.28. The van der Waals surface area contributed by atoms with Gasteiger partial charge in [0, 0.05) is 31.7 Å². The van der Waals surface area contributed by atoms with Crippen LogP contribution in [0, 0.1) is 5.41 Å². The number of fused-ring (bicyclic) bond motifs is 2. The van der Waals surface area contributed by atoms with Crippen LogP contribution in [0.2, 0.25) is 0 Å². The Morgan fingerprint density at radius 3 is 2.11 bits per heavy atom. The first-order chi connectivity index (χ1) is 8.23. The van der Waals surface area contributed by atoms with Crippen molar-refractivity contribution in [3.63, 3.8) is 0 Å². The SMILES string of the molecule is CC(C)(CNC(C)(C)C)CN1CC2CCC(C1)O2. The van der Waals surface area contributed by atoms with Crippen LogP contribution in [-0.4, -0.2) is 48.8 Å². The van der Waals surface area contributed by atoms with Crippen molar-refractivity contribution in [1.29, 1.82) is 0 Å². The molecule has 2 rings (SSSR count). The van der Waals surface area contributed by atoms with Gasteiger partial charge in [-0.05, 0) is 39.0 Å². The Morgan fingerprint density at radius 2 is 1.61 bits per heavy atom. The fraction of sp³-hybridized carbons (Fsp3) is 1.00. The number of morpholine rings is 1. The molecule has 2 fully saturated rings. The van der Waals surface area contributed by atoms with Crippen molar-refractivity contribution >= 4 is 0 Å². The number of ether oxygens (including phenoxy) is 1. The molecule has 2 atom stereocenters. The second kappa shape index (κ2) is 5.10. The summed E-state index contributed by atoms with van der Waals surface area (Å²) in [4.78, 5) is 2.61. The molecule has 0 aromatic heterocycles. The maximum atomic E-state index is 5.90. The molecule has 2 saturated heterocycles. The summed E-state index contributed by atoms with van der Waals surface area (Å²) in [5, 5.41) is 3.63. The van der Waals surface area contributed by atoms with E-state index in [1.165, 1.54) is 19.4 Å². The van der Waals surface area contributed by atoms with Crippen molar-refractivity contribution in [2.24, 2.45) is 5.41 Å². The number of rotatable bonds is 4. The molecule has 0 spiro atoms. The number of nitrogens with zero attached hydrogens (tertiary/aromatic N) is 1. The summed E-state index contributed by atoms with van der Waals surface area (Å²) >= 11 is 0. The van der Waals surface area contributed by atoms with Gasteiger partial charge < -0.3 is 10.1 Å². The van der Waals surface area contributed by atoms with Crippen LogP contribution < -0.4 is 5.32 Å². The fourth-order valence-corrected chi connectivity index (χ4v) is 2.99. The first-order valence-electron chi connectivity index (χ1n) is 7.36. The third-order valence-corrected chi connectivity index (χ3v) is 3.87. The lowest BCUT2D eigenvalue weighted by Crippen LogP contribution is -2.50. The zero-order valence-corrected chi connectivity index (χ0v) is 12.8. The number of hydrogen-bond donors (Lipinski definition) is 1. The quantitative estimate of drug-likeness (QED) is 0.833. The lowest BCUT2D eigenvalue weighted by molar-refractivity contribution is -0.0480. The van der Waals surface area contributed by atoms with E-state index in [-0.39, 0.29) is 5.54 Å². The third kappa shape index (κ3) is 4.22. The normalized spacial score (nSPS) is 29.8. The van der Waals surface area contributed by atoms with Crippen LogP contribution in [0.15, 0.2) is 0 Å². The van der Waals surface area contributed by atoms with Crippen molar-refractivity contribution in [3.05, 3.63) is 0 Å². The second-order valence-corrected chi connectivity index (χ2v) is 7.92. The van der Waals surface area contributed by atoms with E-state index in [4.69, 9.17) is 4.74 Å². The van der Waals surface area contributed by atoms with Crippen LogP contribution in [-0.2, 0) is 4.74 Å². The van der Waals surface area contributed by atoms with E-state index in [1.54, 1.807) is 0 Å². The summed E-state index contributed by atoms with van der Waals surface area (Å²) < 4.78 is 5.90. The van der Waals surface area contributed by atoms with E-state index < -0.39 is 0 Å². The van der Waals surface area contributed by atoms with Gasteiger partial charge in [0.2, 0.25) is 0 Å². The topological polar surface area (TPSA) is 24.5 Å². The van der Waals surface area contributed by atoms with Gasteiger partial charge in [-0.25, -0.2) is 0 Å². The highest BCUT2D eigenvalue weighted by Gasteiger charge is 2.35. The Balaban J connectivity index is 1.80. The molecule has 0 radical (unpaired) electrons. The van der Waals surface area contributed by atoms with Crippen LogP contribution in [0.4, 0.5) is 0 Å². The van der Waals surface area contributed by atoms with Gasteiger partial charge in [-0.1, -0.05) is 13.8 Å². The van der Waals surface area contributed by atoms with Gasteiger partial charge in [-0.3, -0.25) is 4.90 Å². The van der Waals surface area contributed by atoms with Gasteiger partial charge in [0.05, 0.1) is 12.2 Å². The summed E-state index contributed by atoms with van der Waals surface area (Å²) in [6.45, 7) is 15.9. The summed E-state index contributed by atoms with van der Waals surface area (Å²) in [6.07, 6.45) is 3.55. The minimum Gasteiger partial charge on any atom is -0.372 e. The average molecular weight is 254 g/mol. The van der Waals surface area contributed by atoms with Gasteiger partial charge in [-0.2, -0.15) is 0 Å². The first kappa shape index (κ1) is 14.3. The monoisotopic (exact) mass is 254 g/mol. The van der Waals surface area contributed by atoms with E-state index in [0.717, 1.165) is 19.6 Å². The summed E-state index contributed by atoms with van der Waals surface area (Å²) in [6, 6.07) is 0. The molecule has 0 aromatic rings. The molecule has 2 bridgehead atoms. The Bertz CT molecular complexity index is 271. The molecular formula is C15H30N2O. The molecule has 0 aromatic carbocycles. The van der Waals surface area contributed by atoms with Crippen LogP contribution in [0.25, 0.3) is 0 Å². The lowest BCUT2D eigenvalue weighted by Gasteiger charge is -2.39. The smallest absolute Gasteiger partial charge is 0.0707 e. The minimum atomic E-state index is 0.210. The molecule has 106 valence electrons. The molecule has 18 heavy (non-hydrogen) atoms. The maximum Gasteiger partial charge on any atom is 0.0707 e. The summed E-state index contributed by atoms with van der Waals surface area (Å²) in [5.74, 6) is 0. The maximum absolute atomic E-state index is 5.90. The van der Waals surface area contributed by atoms with E-state index >= 15 is 0 Å². The van der Waals surface area contributed by atoms with E-state index in [2.05, 4.69) is 44.8 Å². The van der Waals surface area contributed by atoms with E-state index in [9.17, 15) is 0 Å². The van der Waals surface area contributed by atoms with Crippen LogP contribution in [0.5, 0.6) is 0 Å². The molecule has 2 unspecified atom stereocenters. The van der Waals surface area contributed by atoms with Gasteiger partial charge in [0.25, 0.3) is 0 Å². The van der Waals surface area contributed by atoms with Gasteiger partial charge in [0.1, 0.15) is 0 Å². The summed E-state index contributed by atoms with van der Waals surface area (Å²) in [5.41, 5.74) is 0.533. The van der Waals surface area contributed by atoms with Crippen molar-refractivity contribution in [1.82, 2.24) is 10.2 Å². The predicted octanol–water partition coefficient (Wildman–Crippen LogP) is 2.26. The van der Waals surface area contributed by atoms with E-state index in [0.29, 0.717) is 17.6 Å².